The first-order chi connectivity index (χ1) is 14.0. The highest BCUT2D eigenvalue weighted by Crippen LogP contribution is 2.28. The van der Waals surface area contributed by atoms with Crippen LogP contribution in [0, 0.1) is 0 Å². The summed E-state index contributed by atoms with van der Waals surface area (Å²) in [6, 6.07) is 14.5. The Morgan fingerprint density at radius 3 is 2.59 bits per heavy atom. The third kappa shape index (κ3) is 6.20. The van der Waals surface area contributed by atoms with Crippen LogP contribution < -0.4 is 5.32 Å². The predicted octanol–water partition coefficient (Wildman–Crippen LogP) is 3.87. The molecule has 0 spiro atoms. The van der Waals surface area contributed by atoms with E-state index in [1.165, 1.54) is 21.3 Å². The molecule has 156 valence electrons. The quantitative estimate of drug-likeness (QED) is 0.484. The maximum Gasteiger partial charge on any atom is 0.244 e. The molecule has 2 aromatic carbocycles. The molecule has 1 aliphatic rings. The monoisotopic (exact) mass is 454 g/mol. The third-order valence-corrected chi connectivity index (χ3v) is 7.84. The van der Waals surface area contributed by atoms with E-state index in [9.17, 15) is 13.2 Å². The minimum Gasteiger partial charge on any atom is -0.379 e. The van der Waals surface area contributed by atoms with E-state index >= 15 is 0 Å². The Bertz CT molecular complexity index is 933. The zero-order valence-corrected chi connectivity index (χ0v) is 18.2. The van der Waals surface area contributed by atoms with Crippen LogP contribution >= 0.6 is 23.4 Å². The molecule has 1 heterocycles. The summed E-state index contributed by atoms with van der Waals surface area (Å²) in [5, 5.41) is 2.90. The number of halogens is 1. The Kier molecular flexibility index (Phi) is 7.97. The molecule has 1 saturated heterocycles. The van der Waals surface area contributed by atoms with Gasteiger partial charge in [0.05, 0.1) is 18.2 Å². The largest absolute Gasteiger partial charge is 0.379 e. The summed E-state index contributed by atoms with van der Waals surface area (Å²) in [7, 11) is -3.74. The van der Waals surface area contributed by atoms with Crippen LogP contribution in [-0.2, 0) is 19.6 Å². The molecule has 0 atom stereocenters. The number of nitrogens with zero attached hydrogens (tertiary/aromatic N) is 1. The molecule has 0 saturated carbocycles. The van der Waals surface area contributed by atoms with Gasteiger partial charge < -0.3 is 10.1 Å². The van der Waals surface area contributed by atoms with Gasteiger partial charge in [-0.15, -0.1) is 11.8 Å². The Morgan fingerprint density at radius 2 is 1.86 bits per heavy atom. The lowest BCUT2D eigenvalue weighted by Crippen LogP contribution is -2.40. The maximum atomic E-state index is 12.9. The van der Waals surface area contributed by atoms with Crippen LogP contribution in [0.3, 0.4) is 0 Å². The number of rotatable bonds is 8. The van der Waals surface area contributed by atoms with Crippen molar-refractivity contribution in [2.45, 2.75) is 22.6 Å². The Balaban J connectivity index is 1.57. The average molecular weight is 455 g/mol. The number of carbonyl (C=O) groups excluding carboxylic acids is 1. The van der Waals surface area contributed by atoms with Gasteiger partial charge in [0, 0.05) is 30.1 Å². The lowest BCUT2D eigenvalue weighted by molar-refractivity contribution is -0.116. The fourth-order valence-electron chi connectivity index (χ4n) is 2.87. The number of amides is 1. The van der Waals surface area contributed by atoms with Crippen molar-refractivity contribution < 1.29 is 17.9 Å². The lowest BCUT2D eigenvalue weighted by Gasteiger charge is -2.26. The van der Waals surface area contributed by atoms with E-state index in [4.69, 9.17) is 16.3 Å². The van der Waals surface area contributed by atoms with Gasteiger partial charge in [0.2, 0.25) is 15.9 Å². The molecule has 2 aromatic rings. The van der Waals surface area contributed by atoms with Gasteiger partial charge in [-0.05, 0) is 42.5 Å². The van der Waals surface area contributed by atoms with E-state index in [0.29, 0.717) is 25.3 Å². The van der Waals surface area contributed by atoms with Crippen LogP contribution in [-0.4, -0.2) is 50.7 Å². The van der Waals surface area contributed by atoms with Gasteiger partial charge in [0.25, 0.3) is 0 Å². The van der Waals surface area contributed by atoms with Crippen LogP contribution in [0.2, 0.25) is 5.02 Å². The van der Waals surface area contributed by atoms with E-state index in [2.05, 4.69) is 5.32 Å². The molecule has 1 N–H and O–H groups in total. The van der Waals surface area contributed by atoms with Gasteiger partial charge in [-0.2, -0.15) is 4.31 Å². The molecule has 1 aliphatic heterocycles. The number of nitrogens with one attached hydrogen (secondary N) is 1. The highest BCUT2D eigenvalue weighted by atomic mass is 35.5. The number of sulfonamides is 1. The average Bonchev–Trinajstić information content (AvgIpc) is 2.74. The van der Waals surface area contributed by atoms with Crippen LogP contribution in [0.5, 0.6) is 0 Å². The molecule has 0 bridgehead atoms. The highest BCUT2D eigenvalue weighted by Gasteiger charge is 2.28. The first-order valence-electron chi connectivity index (χ1n) is 9.32. The Morgan fingerprint density at radius 1 is 1.14 bits per heavy atom. The number of hydrogen-bond donors (Lipinski definition) is 1. The second-order valence-electron chi connectivity index (χ2n) is 6.47. The molecule has 1 amide bonds. The summed E-state index contributed by atoms with van der Waals surface area (Å²) in [6.07, 6.45) is 1.08. The number of hydrogen-bond acceptors (Lipinski definition) is 5. The second kappa shape index (κ2) is 10.4. The van der Waals surface area contributed by atoms with Crippen molar-refractivity contribution in [3.8, 4) is 0 Å². The number of morpholine rings is 1. The van der Waals surface area contributed by atoms with Gasteiger partial charge in [-0.25, -0.2) is 8.42 Å². The second-order valence-corrected chi connectivity index (χ2v) is 9.96. The fourth-order valence-corrected chi connectivity index (χ4v) is 5.65. The van der Waals surface area contributed by atoms with E-state index in [0.717, 1.165) is 12.2 Å². The lowest BCUT2D eigenvalue weighted by atomic mass is 10.3. The molecule has 0 aromatic heterocycles. The zero-order valence-electron chi connectivity index (χ0n) is 15.8. The molecule has 0 unspecified atom stereocenters. The van der Waals surface area contributed by atoms with Crippen molar-refractivity contribution in [3.05, 3.63) is 53.6 Å². The molecule has 0 aliphatic carbocycles. The number of thioether (sulfide) groups is 1. The summed E-state index contributed by atoms with van der Waals surface area (Å²) >= 11 is 7.84. The van der Waals surface area contributed by atoms with E-state index in [1.54, 1.807) is 17.8 Å². The summed E-state index contributed by atoms with van der Waals surface area (Å²) in [4.78, 5) is 13.4. The minimum atomic E-state index is -3.74. The normalized spacial score (nSPS) is 15.2. The van der Waals surface area contributed by atoms with Gasteiger partial charge in [-0.1, -0.05) is 29.8 Å². The van der Waals surface area contributed by atoms with Gasteiger partial charge >= 0.3 is 0 Å². The molecule has 0 radical (unpaired) electrons. The van der Waals surface area contributed by atoms with Crippen molar-refractivity contribution in [2.75, 3.05) is 37.4 Å². The van der Waals surface area contributed by atoms with Gasteiger partial charge in [-0.3, -0.25) is 4.79 Å². The van der Waals surface area contributed by atoms with E-state index in [-0.39, 0.29) is 28.9 Å². The Hall–Kier alpha value is -1.58. The van der Waals surface area contributed by atoms with Crippen LogP contribution in [0.4, 0.5) is 5.69 Å². The van der Waals surface area contributed by atoms with Gasteiger partial charge in [0.1, 0.15) is 4.90 Å². The molecular weight excluding hydrogens is 432 g/mol. The predicted molar refractivity (Wildman–Crippen MR) is 116 cm³/mol. The van der Waals surface area contributed by atoms with Crippen molar-refractivity contribution in [2.24, 2.45) is 0 Å². The fraction of sp³-hybridized carbons (Fsp3) is 0.350. The molecule has 29 heavy (non-hydrogen) atoms. The summed E-state index contributed by atoms with van der Waals surface area (Å²) in [6.45, 7) is 1.28. The Labute approximate surface area is 180 Å². The summed E-state index contributed by atoms with van der Waals surface area (Å²) < 4.78 is 32.3. The zero-order chi connectivity index (χ0) is 20.7. The van der Waals surface area contributed by atoms with Crippen molar-refractivity contribution >= 4 is 45.0 Å². The number of ether oxygens (including phenoxy) is 1. The molecular formula is C20H23ClN2O4S2. The first-order valence-corrected chi connectivity index (χ1v) is 12.1. The van der Waals surface area contributed by atoms with Crippen molar-refractivity contribution in [3.63, 3.8) is 0 Å². The first kappa shape index (κ1) is 22.1. The highest BCUT2D eigenvalue weighted by molar-refractivity contribution is 7.99. The van der Waals surface area contributed by atoms with E-state index in [1.807, 2.05) is 30.3 Å². The van der Waals surface area contributed by atoms with Crippen LogP contribution in [0.15, 0.2) is 58.3 Å². The minimum absolute atomic E-state index is 0.00139. The smallest absolute Gasteiger partial charge is 0.244 e. The standard InChI is InChI=1S/C20H23ClN2O4S2/c21-18-9-8-16(15-19(18)29(25,26)23-10-12-27-13-11-23)22-20(24)7-4-14-28-17-5-2-1-3-6-17/h1-3,5-6,8-9,15H,4,7,10-14H2,(H,22,24). The van der Waals surface area contributed by atoms with Crippen molar-refractivity contribution in [1.82, 2.24) is 4.31 Å². The summed E-state index contributed by atoms with van der Waals surface area (Å²) in [5.74, 6) is 0.671. The van der Waals surface area contributed by atoms with Crippen molar-refractivity contribution in [1.29, 1.82) is 0 Å². The summed E-state index contributed by atoms with van der Waals surface area (Å²) in [5.41, 5.74) is 0.418. The van der Waals surface area contributed by atoms with Crippen LogP contribution in [0.1, 0.15) is 12.8 Å². The molecule has 1 fully saturated rings. The van der Waals surface area contributed by atoms with Crippen LogP contribution in [0.25, 0.3) is 0 Å². The van der Waals surface area contributed by atoms with E-state index < -0.39 is 10.0 Å². The third-order valence-electron chi connectivity index (χ3n) is 4.36. The SMILES string of the molecule is O=C(CCCSc1ccccc1)Nc1ccc(Cl)c(S(=O)(=O)N2CCOCC2)c1. The number of anilines is 1. The molecule has 3 rings (SSSR count). The number of carbonyl (C=O) groups is 1. The topological polar surface area (TPSA) is 75.7 Å². The molecule has 6 nitrogen and oxygen atoms in total. The molecule has 9 heteroatoms. The number of benzene rings is 2. The maximum absolute atomic E-state index is 12.9. The van der Waals surface area contributed by atoms with Gasteiger partial charge in [0.15, 0.2) is 0 Å².